The highest BCUT2D eigenvalue weighted by Gasteiger charge is 2.30. The zero-order chi connectivity index (χ0) is 11.1. The lowest BCUT2D eigenvalue weighted by atomic mass is 9.92. The standard InChI is InChI=1S/C12H18N2O/c1-12(2,3)11(15)14-5-4-9-6-13-7-10(9)8-14/h6H,4-5,7-8H2,1-3H3. The Balaban J connectivity index is 2.08. The minimum atomic E-state index is -0.266. The summed E-state index contributed by atoms with van der Waals surface area (Å²) in [6.45, 7) is 8.36. The van der Waals surface area contributed by atoms with Crippen molar-refractivity contribution in [1.82, 2.24) is 4.90 Å². The van der Waals surface area contributed by atoms with E-state index in [2.05, 4.69) is 4.99 Å². The molecule has 2 heterocycles. The first-order valence-electron chi connectivity index (χ1n) is 5.48. The van der Waals surface area contributed by atoms with Crippen LogP contribution in [-0.2, 0) is 4.79 Å². The van der Waals surface area contributed by atoms with Gasteiger partial charge in [-0.3, -0.25) is 9.79 Å². The normalized spacial score (nSPS) is 20.9. The third kappa shape index (κ3) is 1.96. The van der Waals surface area contributed by atoms with Crippen LogP contribution in [-0.4, -0.2) is 36.7 Å². The SMILES string of the molecule is CC(C)(C)C(=O)N1CCC2=C(CN=C2)C1. The molecule has 0 saturated carbocycles. The number of nitrogens with zero attached hydrogens (tertiary/aromatic N) is 2. The number of aliphatic imine (C=N–C) groups is 1. The van der Waals surface area contributed by atoms with Gasteiger partial charge in [-0.25, -0.2) is 0 Å². The van der Waals surface area contributed by atoms with Crippen LogP contribution in [0.5, 0.6) is 0 Å². The Morgan fingerprint density at radius 1 is 1.47 bits per heavy atom. The van der Waals surface area contributed by atoms with Crippen molar-refractivity contribution in [3.05, 3.63) is 11.1 Å². The van der Waals surface area contributed by atoms with Crippen LogP contribution in [0.15, 0.2) is 16.1 Å². The number of amides is 1. The molecule has 82 valence electrons. The van der Waals surface area contributed by atoms with Crippen LogP contribution in [0.1, 0.15) is 27.2 Å². The van der Waals surface area contributed by atoms with Crippen molar-refractivity contribution in [2.24, 2.45) is 10.4 Å². The summed E-state index contributed by atoms with van der Waals surface area (Å²) in [5.74, 6) is 0.251. The molecular weight excluding hydrogens is 188 g/mol. The molecule has 15 heavy (non-hydrogen) atoms. The second-order valence-corrected chi connectivity index (χ2v) is 5.33. The monoisotopic (exact) mass is 206 g/mol. The molecule has 0 aromatic rings. The molecule has 1 amide bonds. The zero-order valence-corrected chi connectivity index (χ0v) is 9.71. The Morgan fingerprint density at radius 3 is 2.87 bits per heavy atom. The van der Waals surface area contributed by atoms with E-state index in [1.807, 2.05) is 31.9 Å². The van der Waals surface area contributed by atoms with Crippen LogP contribution < -0.4 is 0 Å². The van der Waals surface area contributed by atoms with Gasteiger partial charge in [0.05, 0.1) is 6.54 Å². The molecule has 0 aromatic carbocycles. The Morgan fingerprint density at radius 2 is 2.20 bits per heavy atom. The lowest BCUT2D eigenvalue weighted by Gasteiger charge is -2.33. The average Bonchev–Trinajstić information content (AvgIpc) is 2.61. The third-order valence-electron chi connectivity index (χ3n) is 2.94. The summed E-state index contributed by atoms with van der Waals surface area (Å²) < 4.78 is 0. The summed E-state index contributed by atoms with van der Waals surface area (Å²) in [5, 5.41) is 0. The van der Waals surface area contributed by atoms with E-state index in [4.69, 9.17) is 0 Å². The molecule has 0 N–H and O–H groups in total. The Kier molecular flexibility index (Phi) is 2.41. The van der Waals surface area contributed by atoms with Gasteiger partial charge in [-0.1, -0.05) is 20.8 Å². The average molecular weight is 206 g/mol. The Labute approximate surface area is 90.9 Å². The number of hydrogen-bond donors (Lipinski definition) is 0. The van der Waals surface area contributed by atoms with Crippen molar-refractivity contribution in [2.75, 3.05) is 19.6 Å². The predicted octanol–water partition coefficient (Wildman–Crippen LogP) is 1.65. The summed E-state index contributed by atoms with van der Waals surface area (Å²) in [6.07, 6.45) is 2.94. The molecule has 0 aliphatic carbocycles. The van der Waals surface area contributed by atoms with Gasteiger partial charge in [-0.2, -0.15) is 0 Å². The summed E-state index contributed by atoms with van der Waals surface area (Å²) in [6, 6.07) is 0. The van der Waals surface area contributed by atoms with E-state index in [9.17, 15) is 4.79 Å². The molecule has 0 radical (unpaired) electrons. The van der Waals surface area contributed by atoms with Crippen molar-refractivity contribution < 1.29 is 4.79 Å². The van der Waals surface area contributed by atoms with Crippen molar-refractivity contribution >= 4 is 12.1 Å². The van der Waals surface area contributed by atoms with Crippen LogP contribution in [0.2, 0.25) is 0 Å². The summed E-state index contributed by atoms with van der Waals surface area (Å²) in [5.41, 5.74) is 2.42. The minimum Gasteiger partial charge on any atom is -0.338 e. The first kappa shape index (κ1) is 10.4. The van der Waals surface area contributed by atoms with Crippen LogP contribution in [0.4, 0.5) is 0 Å². The second-order valence-electron chi connectivity index (χ2n) is 5.33. The molecule has 0 spiro atoms. The van der Waals surface area contributed by atoms with Crippen molar-refractivity contribution in [3.8, 4) is 0 Å². The number of carbonyl (C=O) groups is 1. The van der Waals surface area contributed by atoms with Crippen molar-refractivity contribution in [2.45, 2.75) is 27.2 Å². The minimum absolute atomic E-state index is 0.251. The molecule has 0 bridgehead atoms. The highest BCUT2D eigenvalue weighted by Crippen LogP contribution is 2.25. The van der Waals surface area contributed by atoms with Crippen LogP contribution >= 0.6 is 0 Å². The van der Waals surface area contributed by atoms with Crippen LogP contribution in [0.3, 0.4) is 0 Å². The van der Waals surface area contributed by atoms with Gasteiger partial charge in [0.1, 0.15) is 0 Å². The van der Waals surface area contributed by atoms with E-state index in [1.54, 1.807) is 0 Å². The molecule has 2 aliphatic heterocycles. The highest BCUT2D eigenvalue weighted by atomic mass is 16.2. The largest absolute Gasteiger partial charge is 0.338 e. The molecule has 0 fully saturated rings. The number of hydrogen-bond acceptors (Lipinski definition) is 2. The first-order chi connectivity index (χ1) is 6.98. The molecule has 3 nitrogen and oxygen atoms in total. The van der Waals surface area contributed by atoms with Crippen molar-refractivity contribution in [3.63, 3.8) is 0 Å². The van der Waals surface area contributed by atoms with E-state index >= 15 is 0 Å². The van der Waals surface area contributed by atoms with Gasteiger partial charge < -0.3 is 4.90 Å². The van der Waals surface area contributed by atoms with Crippen molar-refractivity contribution in [1.29, 1.82) is 0 Å². The number of rotatable bonds is 0. The predicted molar refractivity (Wildman–Crippen MR) is 61.0 cm³/mol. The lowest BCUT2D eigenvalue weighted by Crippen LogP contribution is -2.43. The maximum Gasteiger partial charge on any atom is 0.228 e. The van der Waals surface area contributed by atoms with Gasteiger partial charge in [0.25, 0.3) is 0 Å². The fourth-order valence-electron chi connectivity index (χ4n) is 2.06. The molecule has 3 heteroatoms. The molecule has 0 saturated heterocycles. The molecule has 0 aromatic heterocycles. The van der Waals surface area contributed by atoms with E-state index in [0.29, 0.717) is 0 Å². The Bertz CT molecular complexity index is 347. The fraction of sp³-hybridized carbons (Fsp3) is 0.667. The smallest absolute Gasteiger partial charge is 0.228 e. The summed E-state index contributed by atoms with van der Waals surface area (Å²) in [4.78, 5) is 18.3. The van der Waals surface area contributed by atoms with Gasteiger partial charge >= 0.3 is 0 Å². The van der Waals surface area contributed by atoms with Gasteiger partial charge in [0, 0.05) is 24.7 Å². The third-order valence-corrected chi connectivity index (χ3v) is 2.94. The molecule has 2 aliphatic rings. The van der Waals surface area contributed by atoms with Gasteiger partial charge in [-0.15, -0.1) is 0 Å². The fourth-order valence-corrected chi connectivity index (χ4v) is 2.06. The van der Waals surface area contributed by atoms with E-state index in [1.165, 1.54) is 11.1 Å². The van der Waals surface area contributed by atoms with Gasteiger partial charge in [0.2, 0.25) is 5.91 Å². The molecule has 0 atom stereocenters. The topological polar surface area (TPSA) is 32.7 Å². The maximum atomic E-state index is 12.1. The highest BCUT2D eigenvalue weighted by molar-refractivity contribution is 5.86. The first-order valence-corrected chi connectivity index (χ1v) is 5.48. The van der Waals surface area contributed by atoms with E-state index in [0.717, 1.165) is 26.1 Å². The quantitative estimate of drug-likeness (QED) is 0.593. The summed E-state index contributed by atoms with van der Waals surface area (Å²) in [7, 11) is 0. The van der Waals surface area contributed by atoms with E-state index < -0.39 is 0 Å². The van der Waals surface area contributed by atoms with Crippen LogP contribution in [0, 0.1) is 5.41 Å². The Hall–Kier alpha value is -1.12. The zero-order valence-electron chi connectivity index (χ0n) is 9.71. The molecule has 0 unspecified atom stereocenters. The maximum absolute atomic E-state index is 12.1. The van der Waals surface area contributed by atoms with Crippen LogP contribution in [0.25, 0.3) is 0 Å². The van der Waals surface area contributed by atoms with E-state index in [-0.39, 0.29) is 11.3 Å². The second kappa shape index (κ2) is 3.47. The summed E-state index contributed by atoms with van der Waals surface area (Å²) >= 11 is 0. The van der Waals surface area contributed by atoms with Gasteiger partial charge in [0.15, 0.2) is 0 Å². The lowest BCUT2D eigenvalue weighted by molar-refractivity contribution is -0.139. The molecular formula is C12H18N2O. The molecule has 2 rings (SSSR count). The van der Waals surface area contributed by atoms with Gasteiger partial charge in [-0.05, 0) is 17.6 Å². The number of carbonyl (C=O) groups excluding carboxylic acids is 1.